The van der Waals surface area contributed by atoms with Crippen molar-refractivity contribution in [2.75, 3.05) is 25.0 Å². The summed E-state index contributed by atoms with van der Waals surface area (Å²) in [5.41, 5.74) is 6.83. The number of benzene rings is 3. The lowest BCUT2D eigenvalue weighted by molar-refractivity contribution is -0.118. The molecule has 1 fully saturated rings. The number of anilines is 1. The minimum Gasteiger partial charge on any atom is -0.485 e. The maximum atomic E-state index is 12.3. The van der Waals surface area contributed by atoms with Gasteiger partial charge in [0.2, 0.25) is 5.91 Å². The molecule has 0 aromatic heterocycles. The highest BCUT2D eigenvalue weighted by atomic mass is 16.5. The van der Waals surface area contributed by atoms with E-state index in [1.54, 1.807) is 6.92 Å². The van der Waals surface area contributed by atoms with Gasteiger partial charge < -0.3 is 15.0 Å². The molecule has 0 unspecified atom stereocenters. The third-order valence-electron chi connectivity index (χ3n) is 7.86. The number of nitrogens with zero attached hydrogens (tertiary/aromatic N) is 1. The lowest BCUT2D eigenvalue weighted by Gasteiger charge is -2.33. The largest absolute Gasteiger partial charge is 0.485 e. The van der Waals surface area contributed by atoms with Crippen LogP contribution in [0.1, 0.15) is 84.7 Å². The number of rotatable bonds is 10. The summed E-state index contributed by atoms with van der Waals surface area (Å²) in [6.07, 6.45) is 3.96. The zero-order valence-electron chi connectivity index (χ0n) is 22.7. The Bertz CT molecular complexity index is 1290. The Morgan fingerprint density at radius 2 is 1.71 bits per heavy atom. The molecule has 198 valence electrons. The van der Waals surface area contributed by atoms with Crippen molar-refractivity contribution in [2.24, 2.45) is 5.92 Å². The third kappa shape index (κ3) is 6.16. The molecule has 1 amide bonds. The van der Waals surface area contributed by atoms with Crippen LogP contribution in [0.15, 0.2) is 66.7 Å². The van der Waals surface area contributed by atoms with Crippen molar-refractivity contribution in [2.45, 2.75) is 58.5 Å². The Morgan fingerprint density at radius 1 is 1.00 bits per heavy atom. The zero-order chi connectivity index (χ0) is 26.6. The third-order valence-corrected chi connectivity index (χ3v) is 7.86. The maximum Gasteiger partial charge on any atom is 0.226 e. The first-order valence-corrected chi connectivity index (χ1v) is 13.9. The smallest absolute Gasteiger partial charge is 0.226 e. The van der Waals surface area contributed by atoms with E-state index in [-0.39, 0.29) is 23.7 Å². The van der Waals surface area contributed by atoms with E-state index in [9.17, 15) is 9.59 Å². The van der Waals surface area contributed by atoms with Gasteiger partial charge in [-0.3, -0.25) is 9.59 Å². The van der Waals surface area contributed by atoms with Gasteiger partial charge in [-0.25, -0.2) is 0 Å². The second kappa shape index (κ2) is 11.5. The molecule has 1 N–H and O–H groups in total. The Balaban J connectivity index is 1.21. The van der Waals surface area contributed by atoms with Crippen molar-refractivity contribution in [1.29, 1.82) is 0 Å². The van der Waals surface area contributed by atoms with Gasteiger partial charge >= 0.3 is 0 Å². The van der Waals surface area contributed by atoms with Gasteiger partial charge in [0.1, 0.15) is 11.9 Å². The Kier molecular flexibility index (Phi) is 7.94. The quantitative estimate of drug-likeness (QED) is 0.239. The molecule has 1 atom stereocenters. The number of ketones is 1. The van der Waals surface area contributed by atoms with Gasteiger partial charge in [-0.15, -0.1) is 0 Å². The number of Topliss-reactive ketones (excluding diaryl/α,β-unsaturated/α-hetero) is 1. The van der Waals surface area contributed by atoms with Gasteiger partial charge in [0.15, 0.2) is 5.78 Å². The number of amides is 1. The highest BCUT2D eigenvalue weighted by Gasteiger charge is 2.28. The summed E-state index contributed by atoms with van der Waals surface area (Å²) in [6, 6.07) is 22.4. The van der Waals surface area contributed by atoms with Crippen LogP contribution in [0.5, 0.6) is 5.75 Å². The monoisotopic (exact) mass is 510 g/mol. The van der Waals surface area contributed by atoms with E-state index in [1.165, 1.54) is 16.7 Å². The zero-order valence-corrected chi connectivity index (χ0v) is 22.7. The molecule has 1 aliphatic carbocycles. The molecule has 1 saturated heterocycles. The number of nitrogens with one attached hydrogen (secondary N) is 1. The summed E-state index contributed by atoms with van der Waals surface area (Å²) in [5, 5.41) is 3.14. The summed E-state index contributed by atoms with van der Waals surface area (Å²) in [5.74, 6) is 1.26. The Hall–Kier alpha value is -3.44. The molecule has 0 spiro atoms. The average molecular weight is 511 g/mol. The van der Waals surface area contributed by atoms with Crippen LogP contribution in [0.25, 0.3) is 0 Å². The molecular weight excluding hydrogens is 472 g/mol. The molecular formula is C33H38N2O3. The second-order valence-corrected chi connectivity index (χ2v) is 11.0. The Morgan fingerprint density at radius 3 is 2.42 bits per heavy atom. The Labute approximate surface area is 226 Å². The fraction of sp³-hybridized carbons (Fsp3) is 0.394. The van der Waals surface area contributed by atoms with Crippen LogP contribution in [0, 0.1) is 5.92 Å². The molecule has 38 heavy (non-hydrogen) atoms. The summed E-state index contributed by atoms with van der Waals surface area (Å²) >= 11 is 0. The number of hydrogen-bond donors (Lipinski definition) is 1. The van der Waals surface area contributed by atoms with E-state index in [4.69, 9.17) is 4.74 Å². The number of likely N-dealkylation sites (tertiary alicyclic amines) is 1. The highest BCUT2D eigenvalue weighted by Crippen LogP contribution is 2.41. The second-order valence-electron chi connectivity index (χ2n) is 11.0. The summed E-state index contributed by atoms with van der Waals surface area (Å²) < 4.78 is 6.47. The minimum atomic E-state index is -0.120. The lowest BCUT2D eigenvalue weighted by atomic mass is 9.89. The molecule has 1 aliphatic heterocycles. The molecule has 0 bridgehead atoms. The highest BCUT2D eigenvalue weighted by molar-refractivity contribution is 5.96. The van der Waals surface area contributed by atoms with E-state index in [1.807, 2.05) is 56.3 Å². The number of ether oxygens (including phenoxy) is 1. The number of hydrogen-bond acceptors (Lipinski definition) is 4. The normalized spacial score (nSPS) is 16.1. The summed E-state index contributed by atoms with van der Waals surface area (Å²) in [7, 11) is 0. The molecule has 3 aromatic carbocycles. The van der Waals surface area contributed by atoms with Crippen molar-refractivity contribution >= 4 is 17.4 Å². The van der Waals surface area contributed by atoms with Gasteiger partial charge in [-0.2, -0.15) is 0 Å². The van der Waals surface area contributed by atoms with Crippen molar-refractivity contribution in [1.82, 2.24) is 4.90 Å². The maximum absolute atomic E-state index is 12.3. The average Bonchev–Trinajstić information content (AvgIpc) is 3.72. The number of piperidine rings is 1. The van der Waals surface area contributed by atoms with Crippen LogP contribution in [-0.2, 0) is 11.2 Å². The van der Waals surface area contributed by atoms with E-state index in [0.29, 0.717) is 17.2 Å². The first-order chi connectivity index (χ1) is 18.4. The topological polar surface area (TPSA) is 58.6 Å². The first kappa shape index (κ1) is 26.2. The van der Waals surface area contributed by atoms with Crippen LogP contribution in [-0.4, -0.2) is 36.2 Å². The number of carbonyl (C=O) groups excluding carboxylic acids is 2. The fourth-order valence-corrected chi connectivity index (χ4v) is 5.44. The standard InChI is InChI=1S/C33H38N2O3/c1-22(2)33(37)34-30-21-26(19-27-20-29(27)30)24-13-16-35(17-14-24)18-15-31(25-9-5-4-6-10-25)38-32-12-8-7-11-28(32)23(3)36/h4-12,19,21-22,24,31H,13-18,20H2,1-3H3,(H,34,37)/t31-/m0/s1. The molecule has 2 aliphatic rings. The van der Waals surface area contributed by atoms with Crippen molar-refractivity contribution in [3.05, 3.63) is 94.5 Å². The van der Waals surface area contributed by atoms with Gasteiger partial charge in [-0.1, -0.05) is 62.4 Å². The van der Waals surface area contributed by atoms with E-state index in [2.05, 4.69) is 34.5 Å². The molecule has 5 nitrogen and oxygen atoms in total. The van der Waals surface area contributed by atoms with Gasteiger partial charge in [0, 0.05) is 31.0 Å². The predicted octanol–water partition coefficient (Wildman–Crippen LogP) is 6.78. The molecule has 5 heteroatoms. The first-order valence-electron chi connectivity index (χ1n) is 13.9. The van der Waals surface area contributed by atoms with Crippen LogP contribution >= 0.6 is 0 Å². The van der Waals surface area contributed by atoms with Crippen molar-refractivity contribution < 1.29 is 14.3 Å². The number of para-hydroxylation sites is 1. The number of fused-ring (bicyclic) bond motifs is 1. The van der Waals surface area contributed by atoms with E-state index >= 15 is 0 Å². The van der Waals surface area contributed by atoms with Crippen LogP contribution in [0.2, 0.25) is 0 Å². The SMILES string of the molecule is CC(=O)c1ccccc1O[C@@H](CCN1CCC(c2cc3c(c(NC(=O)C(C)C)c2)C3)CC1)c1ccccc1. The molecule has 1 heterocycles. The minimum absolute atomic E-state index is 0.0153. The van der Waals surface area contributed by atoms with Gasteiger partial charge in [0.25, 0.3) is 0 Å². The molecule has 0 saturated carbocycles. The van der Waals surface area contributed by atoms with Crippen LogP contribution < -0.4 is 10.1 Å². The van der Waals surface area contributed by atoms with Gasteiger partial charge in [-0.05, 0) is 79.2 Å². The van der Waals surface area contributed by atoms with Crippen molar-refractivity contribution in [3.63, 3.8) is 0 Å². The van der Waals surface area contributed by atoms with Crippen LogP contribution in [0.3, 0.4) is 0 Å². The molecule has 0 radical (unpaired) electrons. The fourth-order valence-electron chi connectivity index (χ4n) is 5.44. The van der Waals surface area contributed by atoms with Gasteiger partial charge in [0.05, 0.1) is 5.56 Å². The molecule has 3 aromatic rings. The molecule has 5 rings (SSSR count). The van der Waals surface area contributed by atoms with Crippen LogP contribution in [0.4, 0.5) is 5.69 Å². The van der Waals surface area contributed by atoms with Crippen molar-refractivity contribution in [3.8, 4) is 5.75 Å². The van der Waals surface area contributed by atoms with E-state index in [0.717, 1.165) is 56.6 Å². The summed E-state index contributed by atoms with van der Waals surface area (Å²) in [6.45, 7) is 8.48. The summed E-state index contributed by atoms with van der Waals surface area (Å²) in [4.78, 5) is 27.0. The van der Waals surface area contributed by atoms with E-state index < -0.39 is 0 Å². The predicted molar refractivity (Wildman–Crippen MR) is 152 cm³/mol. The lowest BCUT2D eigenvalue weighted by Crippen LogP contribution is -2.34. The number of carbonyl (C=O) groups is 2.